The first-order chi connectivity index (χ1) is 14.6. The van der Waals surface area contributed by atoms with E-state index in [9.17, 15) is 9.59 Å². The smallest absolute Gasteiger partial charge is 0.246 e. The summed E-state index contributed by atoms with van der Waals surface area (Å²) < 4.78 is 0. The number of benzene rings is 2. The highest BCUT2D eigenvalue weighted by atomic mass is 32.1. The zero-order valence-corrected chi connectivity index (χ0v) is 17.5. The molecule has 1 saturated heterocycles. The molecule has 3 N–H and O–H groups in total. The van der Waals surface area contributed by atoms with Gasteiger partial charge in [-0.3, -0.25) is 20.4 Å². The molecule has 30 heavy (non-hydrogen) atoms. The highest BCUT2D eigenvalue weighted by molar-refractivity contribution is 7.80. The van der Waals surface area contributed by atoms with Crippen LogP contribution in [-0.2, 0) is 16.1 Å². The summed E-state index contributed by atoms with van der Waals surface area (Å²) in [6, 6.07) is 19.6. The number of rotatable bonds is 5. The minimum Gasteiger partial charge on any atom is -0.357 e. The Morgan fingerprint density at radius 3 is 2.27 bits per heavy atom. The maximum atomic E-state index is 12.4. The number of likely N-dealkylation sites (tertiary alicyclic amines) is 1. The summed E-state index contributed by atoms with van der Waals surface area (Å²) in [7, 11) is 0. The van der Waals surface area contributed by atoms with Crippen LogP contribution in [0.3, 0.4) is 0 Å². The molecular formula is C23H26N4O2S. The van der Waals surface area contributed by atoms with Gasteiger partial charge in [0.25, 0.3) is 0 Å². The predicted molar refractivity (Wildman–Crippen MR) is 122 cm³/mol. The maximum Gasteiger partial charge on any atom is 0.246 e. The summed E-state index contributed by atoms with van der Waals surface area (Å²) >= 11 is 5.20. The second-order valence-corrected chi connectivity index (χ2v) is 7.53. The molecule has 156 valence electrons. The van der Waals surface area contributed by atoms with E-state index in [1.807, 2.05) is 66.7 Å². The van der Waals surface area contributed by atoms with Crippen LogP contribution >= 0.6 is 12.2 Å². The third-order valence-electron chi connectivity index (χ3n) is 4.99. The Bertz CT molecular complexity index is 879. The lowest BCUT2D eigenvalue weighted by Gasteiger charge is -2.30. The van der Waals surface area contributed by atoms with Crippen LogP contribution in [0.5, 0.6) is 0 Å². The van der Waals surface area contributed by atoms with Crippen LogP contribution in [0.2, 0.25) is 0 Å². The Morgan fingerprint density at radius 1 is 0.967 bits per heavy atom. The van der Waals surface area contributed by atoms with E-state index in [1.54, 1.807) is 11.0 Å². The second-order valence-electron chi connectivity index (χ2n) is 7.13. The summed E-state index contributed by atoms with van der Waals surface area (Å²) in [5.74, 6) is -0.274. The van der Waals surface area contributed by atoms with Crippen LogP contribution in [0.15, 0.2) is 66.7 Å². The van der Waals surface area contributed by atoms with E-state index in [0.717, 1.165) is 11.1 Å². The van der Waals surface area contributed by atoms with Crippen LogP contribution in [0, 0.1) is 5.92 Å². The number of nitrogens with one attached hydrogen (secondary N) is 3. The number of carbonyl (C=O) groups excluding carboxylic acids is 2. The number of thiocarbonyl (C=S) groups is 1. The number of hydrogen-bond donors (Lipinski definition) is 3. The van der Waals surface area contributed by atoms with E-state index in [2.05, 4.69) is 16.2 Å². The monoisotopic (exact) mass is 422 g/mol. The first-order valence-corrected chi connectivity index (χ1v) is 10.4. The van der Waals surface area contributed by atoms with Gasteiger partial charge in [0, 0.05) is 31.6 Å². The number of carbonyl (C=O) groups is 2. The lowest BCUT2D eigenvalue weighted by Crippen LogP contribution is -2.50. The highest BCUT2D eigenvalue weighted by Gasteiger charge is 2.26. The number of amides is 2. The fraction of sp³-hybridized carbons (Fsp3) is 0.261. The van der Waals surface area contributed by atoms with E-state index in [4.69, 9.17) is 12.2 Å². The van der Waals surface area contributed by atoms with Gasteiger partial charge in [0.1, 0.15) is 0 Å². The molecule has 6 nitrogen and oxygen atoms in total. The number of hydrogen-bond acceptors (Lipinski definition) is 3. The molecule has 0 saturated carbocycles. The van der Waals surface area contributed by atoms with Gasteiger partial charge >= 0.3 is 0 Å². The van der Waals surface area contributed by atoms with Gasteiger partial charge in [-0.05, 0) is 42.3 Å². The van der Waals surface area contributed by atoms with Gasteiger partial charge in [-0.2, -0.15) is 0 Å². The van der Waals surface area contributed by atoms with Gasteiger partial charge in [0.2, 0.25) is 11.8 Å². The Labute approximate surface area is 182 Å². The molecule has 0 atom stereocenters. The van der Waals surface area contributed by atoms with Gasteiger partial charge in [0.15, 0.2) is 5.11 Å². The van der Waals surface area contributed by atoms with Gasteiger partial charge in [-0.15, -0.1) is 0 Å². The Hall–Kier alpha value is -3.19. The molecule has 0 spiro atoms. The van der Waals surface area contributed by atoms with Gasteiger partial charge < -0.3 is 10.2 Å². The first-order valence-electron chi connectivity index (χ1n) is 10.0. The van der Waals surface area contributed by atoms with Gasteiger partial charge in [-0.1, -0.05) is 60.7 Å². The summed E-state index contributed by atoms with van der Waals surface area (Å²) in [6.45, 7) is 1.71. The molecule has 1 aliphatic rings. The zero-order chi connectivity index (χ0) is 21.2. The number of nitrogens with zero attached hydrogens (tertiary/aromatic N) is 1. The van der Waals surface area contributed by atoms with Crippen molar-refractivity contribution >= 4 is 35.2 Å². The molecule has 0 aromatic heterocycles. The van der Waals surface area contributed by atoms with Crippen molar-refractivity contribution in [2.24, 2.45) is 5.92 Å². The fourth-order valence-electron chi connectivity index (χ4n) is 3.24. The number of hydrazine groups is 1. The molecule has 2 aromatic rings. The van der Waals surface area contributed by atoms with Crippen molar-refractivity contribution in [3.63, 3.8) is 0 Å². The number of piperidine rings is 1. The molecule has 1 aliphatic heterocycles. The topological polar surface area (TPSA) is 73.5 Å². The molecule has 2 aromatic carbocycles. The SMILES string of the molecule is O=C(NNC(=S)NCc1ccccc1)C1CCN(C(=O)/C=C/c2ccccc2)CC1. The lowest BCUT2D eigenvalue weighted by molar-refractivity contribution is -0.132. The van der Waals surface area contributed by atoms with Gasteiger partial charge in [0.05, 0.1) is 0 Å². The average Bonchev–Trinajstić information content (AvgIpc) is 2.81. The summed E-state index contributed by atoms with van der Waals surface area (Å²) in [4.78, 5) is 26.5. The van der Waals surface area contributed by atoms with Crippen LogP contribution in [0.1, 0.15) is 24.0 Å². The molecule has 2 amide bonds. The minimum atomic E-state index is -0.142. The van der Waals surface area contributed by atoms with Crippen LogP contribution in [0.4, 0.5) is 0 Å². The van der Waals surface area contributed by atoms with Crippen LogP contribution < -0.4 is 16.2 Å². The van der Waals surface area contributed by atoms with Crippen molar-refractivity contribution in [3.05, 3.63) is 77.9 Å². The molecule has 1 fully saturated rings. The van der Waals surface area contributed by atoms with Gasteiger partial charge in [-0.25, -0.2) is 0 Å². The summed E-state index contributed by atoms with van der Waals surface area (Å²) in [5.41, 5.74) is 7.51. The van der Waals surface area contributed by atoms with Crippen LogP contribution in [-0.4, -0.2) is 34.9 Å². The van der Waals surface area contributed by atoms with Crippen molar-refractivity contribution in [3.8, 4) is 0 Å². The van der Waals surface area contributed by atoms with E-state index >= 15 is 0 Å². The van der Waals surface area contributed by atoms with Crippen molar-refractivity contribution in [2.75, 3.05) is 13.1 Å². The van der Waals surface area contributed by atoms with E-state index in [-0.39, 0.29) is 17.7 Å². The largest absolute Gasteiger partial charge is 0.357 e. The summed E-state index contributed by atoms with van der Waals surface area (Å²) in [5, 5.41) is 3.42. The first kappa shape index (κ1) is 21.5. The van der Waals surface area contributed by atoms with Crippen molar-refractivity contribution in [1.29, 1.82) is 0 Å². The molecule has 7 heteroatoms. The lowest BCUT2D eigenvalue weighted by atomic mass is 9.96. The molecule has 1 heterocycles. The maximum absolute atomic E-state index is 12.4. The Morgan fingerprint density at radius 2 is 1.60 bits per heavy atom. The van der Waals surface area contributed by atoms with Crippen LogP contribution in [0.25, 0.3) is 6.08 Å². The Balaban J connectivity index is 1.36. The third-order valence-corrected chi connectivity index (χ3v) is 5.24. The fourth-order valence-corrected chi connectivity index (χ4v) is 3.37. The normalized spacial score (nSPS) is 14.3. The minimum absolute atomic E-state index is 0.0258. The standard InChI is InChI=1S/C23H26N4O2S/c28-21(12-11-18-7-3-1-4-8-18)27-15-13-20(14-16-27)22(29)25-26-23(30)24-17-19-9-5-2-6-10-19/h1-12,20H,13-17H2,(H,25,29)(H2,24,26,30)/b12-11+. The molecular weight excluding hydrogens is 396 g/mol. The zero-order valence-electron chi connectivity index (χ0n) is 16.7. The second kappa shape index (κ2) is 11.1. The molecule has 0 radical (unpaired) electrons. The molecule has 0 bridgehead atoms. The van der Waals surface area contributed by atoms with Crippen molar-refractivity contribution in [2.45, 2.75) is 19.4 Å². The molecule has 0 unspecified atom stereocenters. The van der Waals surface area contributed by atoms with E-state index in [0.29, 0.717) is 37.6 Å². The molecule has 0 aliphatic carbocycles. The molecule has 3 rings (SSSR count). The highest BCUT2D eigenvalue weighted by Crippen LogP contribution is 2.17. The predicted octanol–water partition coefficient (Wildman–Crippen LogP) is 2.63. The van der Waals surface area contributed by atoms with E-state index < -0.39 is 0 Å². The third kappa shape index (κ3) is 6.70. The summed E-state index contributed by atoms with van der Waals surface area (Å²) in [6.07, 6.45) is 4.66. The Kier molecular flexibility index (Phi) is 7.97. The van der Waals surface area contributed by atoms with E-state index in [1.165, 1.54) is 0 Å². The van der Waals surface area contributed by atoms with Crippen molar-refractivity contribution < 1.29 is 9.59 Å². The quantitative estimate of drug-likeness (QED) is 0.393. The average molecular weight is 423 g/mol. The van der Waals surface area contributed by atoms with Crippen molar-refractivity contribution in [1.82, 2.24) is 21.1 Å².